The number of H-pyrrole nitrogens is 1. The maximum Gasteiger partial charge on any atom is 0.318 e. The Bertz CT molecular complexity index is 1090. The van der Waals surface area contributed by atoms with Crippen LogP contribution in [0.15, 0.2) is 36.9 Å². The second-order valence-corrected chi connectivity index (χ2v) is 10.2. The van der Waals surface area contributed by atoms with E-state index in [2.05, 4.69) is 37.6 Å². The average Bonchev–Trinajstić information content (AvgIpc) is 3.37. The van der Waals surface area contributed by atoms with Gasteiger partial charge in [-0.15, -0.1) is 0 Å². The molecule has 3 amide bonds. The van der Waals surface area contributed by atoms with Gasteiger partial charge in [-0.05, 0) is 77.0 Å². The molecule has 11 heteroatoms. The van der Waals surface area contributed by atoms with Crippen molar-refractivity contribution in [1.82, 2.24) is 25.3 Å². The quantitative estimate of drug-likeness (QED) is 0.389. The second-order valence-electron chi connectivity index (χ2n) is 10.2. The number of amides is 3. The zero-order valence-electron chi connectivity index (χ0n) is 22.1. The highest BCUT2D eigenvalue weighted by molar-refractivity contribution is 7.59. The number of fused-ring (bicyclic) bond motifs is 1. The lowest BCUT2D eigenvalue weighted by atomic mass is 9.91. The van der Waals surface area contributed by atoms with E-state index in [4.69, 9.17) is 4.74 Å². The summed E-state index contributed by atoms with van der Waals surface area (Å²) in [7, 11) is 4.07. The molecule has 2 aromatic rings. The third-order valence-corrected chi connectivity index (χ3v) is 7.02. The highest BCUT2D eigenvalue weighted by Gasteiger charge is 2.44. The number of carbonyl (C=O) groups is 2. The first-order valence-corrected chi connectivity index (χ1v) is 12.4. The van der Waals surface area contributed by atoms with Gasteiger partial charge in [0.2, 0.25) is 5.91 Å². The third-order valence-electron chi connectivity index (χ3n) is 7.02. The van der Waals surface area contributed by atoms with E-state index in [9.17, 15) is 9.59 Å². The summed E-state index contributed by atoms with van der Waals surface area (Å²) in [6.07, 6.45) is 3.14. The standard InChI is InChI=1S/C26H37N7O3.H2S/c1-6-22(34)27-18-7-9-19(10-8-18)28-24-20-15-33(26(2,3)23(20)30-31-24)25(35)29-21(16-32(4)5)17-11-13-36-14-12-17;/h6-10,17,21H,1,11-16H2,2-5H3,(H,27,34)(H,29,35)(H2,28,30,31);1H2/t21-;/m1./s1. The van der Waals surface area contributed by atoms with Gasteiger partial charge in [0, 0.05) is 42.7 Å². The Morgan fingerprint density at radius 3 is 2.51 bits per heavy atom. The molecule has 10 nitrogen and oxygen atoms in total. The lowest BCUT2D eigenvalue weighted by Gasteiger charge is -2.37. The molecule has 2 aliphatic heterocycles. The summed E-state index contributed by atoms with van der Waals surface area (Å²) in [5.74, 6) is 0.823. The molecular formula is C26H39N7O3S. The zero-order chi connectivity index (χ0) is 25.9. The number of nitrogens with zero attached hydrogens (tertiary/aromatic N) is 3. The van der Waals surface area contributed by atoms with E-state index in [0.29, 0.717) is 24.0 Å². The number of ether oxygens (including phenoxy) is 1. The highest BCUT2D eigenvalue weighted by Crippen LogP contribution is 2.41. The van der Waals surface area contributed by atoms with Gasteiger partial charge >= 0.3 is 6.03 Å². The third kappa shape index (κ3) is 6.46. The van der Waals surface area contributed by atoms with Crippen LogP contribution in [0.25, 0.3) is 0 Å². The van der Waals surface area contributed by atoms with E-state index < -0.39 is 5.54 Å². The van der Waals surface area contributed by atoms with Crippen molar-refractivity contribution in [1.29, 1.82) is 0 Å². The lowest BCUT2D eigenvalue weighted by molar-refractivity contribution is -0.111. The van der Waals surface area contributed by atoms with E-state index in [1.54, 1.807) is 0 Å². The molecule has 0 bridgehead atoms. The molecular weight excluding hydrogens is 490 g/mol. The lowest BCUT2D eigenvalue weighted by Crippen LogP contribution is -2.54. The number of benzene rings is 1. The zero-order valence-corrected chi connectivity index (χ0v) is 23.1. The minimum Gasteiger partial charge on any atom is -0.381 e. The Labute approximate surface area is 225 Å². The summed E-state index contributed by atoms with van der Waals surface area (Å²) in [4.78, 5) is 29.0. The first-order chi connectivity index (χ1) is 17.2. The van der Waals surface area contributed by atoms with Gasteiger partial charge in [-0.1, -0.05) is 6.58 Å². The molecule has 2 aliphatic rings. The highest BCUT2D eigenvalue weighted by atomic mass is 32.1. The maximum atomic E-state index is 13.6. The second kappa shape index (κ2) is 12.0. The van der Waals surface area contributed by atoms with Crippen molar-refractivity contribution in [3.63, 3.8) is 0 Å². The van der Waals surface area contributed by atoms with Crippen molar-refractivity contribution >= 4 is 42.6 Å². The number of hydrogen-bond donors (Lipinski definition) is 4. The van der Waals surface area contributed by atoms with Gasteiger partial charge in [0.25, 0.3) is 0 Å². The van der Waals surface area contributed by atoms with Gasteiger partial charge in [-0.2, -0.15) is 18.6 Å². The van der Waals surface area contributed by atoms with Crippen LogP contribution in [0.3, 0.4) is 0 Å². The molecule has 4 N–H and O–H groups in total. The monoisotopic (exact) mass is 529 g/mol. The predicted octanol–water partition coefficient (Wildman–Crippen LogP) is 3.51. The van der Waals surface area contributed by atoms with Crippen molar-refractivity contribution in [2.24, 2.45) is 5.92 Å². The minimum atomic E-state index is -0.538. The van der Waals surface area contributed by atoms with Crippen LogP contribution in [0.5, 0.6) is 0 Å². The van der Waals surface area contributed by atoms with Crippen LogP contribution < -0.4 is 16.0 Å². The van der Waals surface area contributed by atoms with Gasteiger partial charge in [0.05, 0.1) is 17.8 Å². The molecule has 1 aromatic carbocycles. The molecule has 0 unspecified atom stereocenters. The summed E-state index contributed by atoms with van der Waals surface area (Å²) >= 11 is 0. The Kier molecular flexibility index (Phi) is 9.27. The molecule has 0 radical (unpaired) electrons. The van der Waals surface area contributed by atoms with Gasteiger partial charge < -0.3 is 30.5 Å². The largest absolute Gasteiger partial charge is 0.381 e. The van der Waals surface area contributed by atoms with Crippen molar-refractivity contribution in [2.45, 2.75) is 44.8 Å². The number of hydrogen-bond acceptors (Lipinski definition) is 6. The molecule has 3 heterocycles. The number of anilines is 3. The van der Waals surface area contributed by atoms with Gasteiger partial charge in [0.1, 0.15) is 0 Å². The molecule has 0 spiro atoms. The first-order valence-electron chi connectivity index (χ1n) is 12.4. The maximum absolute atomic E-state index is 13.6. The van der Waals surface area contributed by atoms with E-state index in [1.165, 1.54) is 6.08 Å². The molecule has 4 rings (SSSR count). The van der Waals surface area contributed by atoms with E-state index >= 15 is 0 Å². The van der Waals surface area contributed by atoms with Crippen molar-refractivity contribution in [3.05, 3.63) is 48.2 Å². The van der Waals surface area contributed by atoms with Crippen molar-refractivity contribution in [3.8, 4) is 0 Å². The number of urea groups is 1. The van der Waals surface area contributed by atoms with Gasteiger partial charge in [0.15, 0.2) is 5.82 Å². The van der Waals surface area contributed by atoms with Crippen molar-refractivity contribution < 1.29 is 14.3 Å². The Morgan fingerprint density at radius 2 is 1.89 bits per heavy atom. The number of aromatic amines is 1. The fourth-order valence-corrected chi connectivity index (χ4v) is 4.97. The van der Waals surface area contributed by atoms with E-state index in [1.807, 2.05) is 57.1 Å². The van der Waals surface area contributed by atoms with E-state index in [-0.39, 0.29) is 31.5 Å². The molecule has 0 saturated carbocycles. The van der Waals surface area contributed by atoms with E-state index in [0.717, 1.165) is 49.5 Å². The summed E-state index contributed by atoms with van der Waals surface area (Å²) < 4.78 is 5.54. The van der Waals surface area contributed by atoms with Crippen LogP contribution in [0.4, 0.5) is 22.0 Å². The van der Waals surface area contributed by atoms with Crippen molar-refractivity contribution in [2.75, 3.05) is 44.5 Å². The molecule has 37 heavy (non-hydrogen) atoms. The SMILES string of the molecule is C=CC(=O)Nc1ccc(Nc2n[nH]c3c2CN(C(=O)N[C@H](CN(C)C)C2CCOCC2)C3(C)C)cc1.S. The van der Waals surface area contributed by atoms with Gasteiger partial charge in [-0.25, -0.2) is 4.79 Å². The molecule has 1 atom stereocenters. The fourth-order valence-electron chi connectivity index (χ4n) is 4.97. The number of nitrogens with one attached hydrogen (secondary N) is 4. The smallest absolute Gasteiger partial charge is 0.318 e. The van der Waals surface area contributed by atoms with Crippen LogP contribution in [0, 0.1) is 5.92 Å². The van der Waals surface area contributed by atoms with Crippen LogP contribution in [0.1, 0.15) is 37.9 Å². The molecule has 1 fully saturated rings. The number of aromatic nitrogens is 2. The van der Waals surface area contributed by atoms with Gasteiger partial charge in [-0.3, -0.25) is 9.89 Å². The first kappa shape index (κ1) is 28.5. The van der Waals surface area contributed by atoms with Crippen LogP contribution in [-0.2, 0) is 21.6 Å². The molecule has 202 valence electrons. The number of likely N-dealkylation sites (N-methyl/N-ethyl adjacent to an activating group) is 1. The van der Waals surface area contributed by atoms with Crippen LogP contribution in [0.2, 0.25) is 0 Å². The Morgan fingerprint density at radius 1 is 1.24 bits per heavy atom. The number of carbonyl (C=O) groups excluding carboxylic acids is 2. The topological polar surface area (TPSA) is 115 Å². The van der Waals surface area contributed by atoms with Crippen LogP contribution in [-0.4, -0.2) is 71.8 Å². The molecule has 0 aliphatic carbocycles. The molecule has 1 aromatic heterocycles. The Balaban J connectivity index is 0.00000380. The normalized spacial score (nSPS) is 17.5. The summed E-state index contributed by atoms with van der Waals surface area (Å²) in [6, 6.07) is 7.33. The Hall–Kier alpha value is -3.02. The predicted molar refractivity (Wildman–Crippen MR) is 151 cm³/mol. The summed E-state index contributed by atoms with van der Waals surface area (Å²) in [6.45, 7) is 10.3. The minimum absolute atomic E-state index is 0. The fraction of sp³-hybridized carbons (Fsp3) is 0.500. The average molecular weight is 530 g/mol. The summed E-state index contributed by atoms with van der Waals surface area (Å²) in [5, 5.41) is 17.0. The number of rotatable bonds is 8. The summed E-state index contributed by atoms with van der Waals surface area (Å²) in [5.41, 5.74) is 2.86. The van der Waals surface area contributed by atoms with Crippen LogP contribution >= 0.6 is 13.5 Å². The molecule has 1 saturated heterocycles.